The molecule has 0 spiro atoms. The van der Waals surface area contributed by atoms with E-state index in [1.165, 1.54) is 50.7 Å². The fraction of sp³-hybridized carbons (Fsp3) is 0.0968. The molecule has 2 heterocycles. The van der Waals surface area contributed by atoms with Crippen molar-refractivity contribution in [3.63, 3.8) is 0 Å². The average molecular weight is 632 g/mol. The summed E-state index contributed by atoms with van der Waals surface area (Å²) in [6.45, 7) is 7.49. The minimum absolute atomic E-state index is 0.0737. The number of carbonyl (C=O) groups excluding carboxylic acids is 1. The maximum atomic E-state index is 15.2. The van der Waals surface area contributed by atoms with Crippen LogP contribution in [0.15, 0.2) is 82.2 Å². The van der Waals surface area contributed by atoms with Crippen LogP contribution in [0, 0.1) is 18.2 Å². The fourth-order valence-corrected chi connectivity index (χ4v) is 4.88. The molecule has 3 aromatic carbocycles. The van der Waals surface area contributed by atoms with E-state index in [-0.39, 0.29) is 33.7 Å². The van der Waals surface area contributed by atoms with Crippen molar-refractivity contribution in [3.05, 3.63) is 122 Å². The molecule has 0 aliphatic heterocycles. The molecule has 0 amide bonds. The monoisotopic (exact) mass is 631 g/mol. The molecule has 0 fully saturated rings. The molecule has 42 heavy (non-hydrogen) atoms. The Morgan fingerprint density at radius 3 is 2.33 bits per heavy atom. The Balaban J connectivity index is 1.43. The van der Waals surface area contributed by atoms with Gasteiger partial charge in [-0.2, -0.15) is 0 Å². The predicted octanol–water partition coefficient (Wildman–Crippen LogP) is 7.21. The van der Waals surface area contributed by atoms with Crippen molar-refractivity contribution < 1.29 is 27.8 Å². The molecule has 0 atom stereocenters. The van der Waals surface area contributed by atoms with Crippen LogP contribution >= 0.6 is 15.9 Å². The van der Waals surface area contributed by atoms with E-state index < -0.39 is 23.0 Å². The lowest BCUT2D eigenvalue weighted by Crippen LogP contribution is -2.26. The first-order valence-corrected chi connectivity index (χ1v) is 13.1. The smallest absolute Gasteiger partial charge is 0.334 e. The van der Waals surface area contributed by atoms with E-state index in [2.05, 4.69) is 25.8 Å². The van der Waals surface area contributed by atoms with E-state index >= 15 is 4.39 Å². The number of nitrogens with zero attached hydrogens (tertiary/aromatic N) is 3. The number of hydrogen-bond acceptors (Lipinski definition) is 6. The van der Waals surface area contributed by atoms with Gasteiger partial charge in [-0.15, -0.1) is 0 Å². The number of methoxy groups -OCH3 is 2. The summed E-state index contributed by atoms with van der Waals surface area (Å²) in [6.07, 6.45) is 1.22. The normalized spacial score (nSPS) is 10.8. The van der Waals surface area contributed by atoms with Crippen molar-refractivity contribution >= 4 is 38.4 Å². The van der Waals surface area contributed by atoms with Crippen LogP contribution < -0.4 is 19.8 Å². The maximum absolute atomic E-state index is 15.2. The number of pyridine rings is 2. The summed E-state index contributed by atoms with van der Waals surface area (Å²) < 4.78 is 46.4. The lowest BCUT2D eigenvalue weighted by Gasteiger charge is -2.13. The number of Topliss-reactive ketones (excluding diaryl/α,β-unsaturated/α-hetero) is 1. The second kappa shape index (κ2) is 11.8. The molecule has 5 rings (SSSR count). The molecule has 8 nitrogen and oxygen atoms in total. The molecule has 0 aliphatic carbocycles. The van der Waals surface area contributed by atoms with Gasteiger partial charge in [0.1, 0.15) is 22.8 Å². The molecule has 0 saturated heterocycles. The van der Waals surface area contributed by atoms with Gasteiger partial charge in [0.2, 0.25) is 0 Å². The largest absolute Gasteiger partial charge is 0.493 e. The summed E-state index contributed by atoms with van der Waals surface area (Å²) in [4.78, 5) is 34.2. The van der Waals surface area contributed by atoms with E-state index in [0.29, 0.717) is 33.7 Å². The van der Waals surface area contributed by atoms with Crippen LogP contribution in [0.25, 0.3) is 21.4 Å². The Bertz CT molecular complexity index is 1950. The van der Waals surface area contributed by atoms with Gasteiger partial charge in [0.25, 0.3) is 5.82 Å². The van der Waals surface area contributed by atoms with Crippen molar-refractivity contribution in [1.82, 2.24) is 9.55 Å². The quantitative estimate of drug-likeness (QED) is 0.133. The lowest BCUT2D eigenvalue weighted by atomic mass is 10.0. The van der Waals surface area contributed by atoms with Crippen molar-refractivity contribution in [2.75, 3.05) is 14.2 Å². The zero-order valence-electron chi connectivity index (χ0n) is 22.2. The Labute approximate surface area is 246 Å². The van der Waals surface area contributed by atoms with Gasteiger partial charge in [-0.25, -0.2) is 18.1 Å². The highest BCUT2D eigenvalue weighted by atomic mass is 79.9. The topological polar surface area (TPSA) is 84.0 Å². The second-order valence-corrected chi connectivity index (χ2v) is 9.81. The zero-order chi connectivity index (χ0) is 30.0. The SMILES string of the molecule is [C-]#[N+]c1c(Br)cc(C(=O)Cc2ccc(Oc3ccnc4cc(OC)c(OC)cc34)c(F)c2)c(=O)n1-c1ccc(F)cc1. The highest BCUT2D eigenvalue weighted by Crippen LogP contribution is 2.37. The highest BCUT2D eigenvalue weighted by Gasteiger charge is 2.22. The molecule has 0 N–H and O–H groups in total. The molecule has 0 radical (unpaired) electrons. The van der Waals surface area contributed by atoms with Crippen LogP contribution in [0.1, 0.15) is 15.9 Å². The number of ketones is 1. The molecule has 210 valence electrons. The lowest BCUT2D eigenvalue weighted by molar-refractivity contribution is 0.0991. The van der Waals surface area contributed by atoms with Gasteiger partial charge < -0.3 is 19.1 Å². The van der Waals surface area contributed by atoms with Crippen LogP contribution in [0.5, 0.6) is 23.0 Å². The van der Waals surface area contributed by atoms with Gasteiger partial charge in [0, 0.05) is 28.5 Å². The van der Waals surface area contributed by atoms with E-state index in [9.17, 15) is 14.0 Å². The van der Waals surface area contributed by atoms with Gasteiger partial charge in [-0.05, 0) is 60.2 Å². The minimum atomic E-state index is -0.752. The van der Waals surface area contributed by atoms with E-state index in [1.54, 1.807) is 18.2 Å². The first kappa shape index (κ1) is 28.4. The van der Waals surface area contributed by atoms with Crippen LogP contribution in [0.3, 0.4) is 0 Å². The number of ether oxygens (including phenoxy) is 3. The molecular formula is C31H20BrF2N3O5. The van der Waals surface area contributed by atoms with Crippen molar-refractivity contribution in [2.45, 2.75) is 6.42 Å². The fourth-order valence-electron chi connectivity index (χ4n) is 4.38. The first-order chi connectivity index (χ1) is 20.2. The standard InChI is InChI=1S/C31H20BrF2N3O5/c1-35-30-22(32)14-21(31(39)37(30)19-7-5-18(33)6-8-19)25(38)13-17-4-9-27(23(34)12-17)42-26-10-11-36-24-16-29(41-3)28(40-2)15-20(24)26/h4-12,14-16H,13H2,2-3H3. The third-order valence-electron chi connectivity index (χ3n) is 6.41. The highest BCUT2D eigenvalue weighted by molar-refractivity contribution is 9.10. The molecule has 0 unspecified atom stereocenters. The summed E-state index contributed by atoms with van der Waals surface area (Å²) in [5, 5.41) is 0.569. The van der Waals surface area contributed by atoms with Crippen LogP contribution in [-0.4, -0.2) is 29.6 Å². The molecule has 5 aromatic rings. The summed E-state index contributed by atoms with van der Waals surface area (Å²) in [5.41, 5.74) is 0.100. The number of hydrogen-bond donors (Lipinski definition) is 0. The number of carbonyl (C=O) groups is 1. The molecule has 0 bridgehead atoms. The van der Waals surface area contributed by atoms with E-state index in [1.807, 2.05) is 0 Å². The van der Waals surface area contributed by atoms with Crippen molar-refractivity contribution in [3.8, 4) is 28.7 Å². The summed E-state index contributed by atoms with van der Waals surface area (Å²) in [5.74, 6) is -0.737. The molecule has 2 aromatic heterocycles. The van der Waals surface area contributed by atoms with Crippen LogP contribution in [-0.2, 0) is 6.42 Å². The van der Waals surface area contributed by atoms with Gasteiger partial charge in [0.05, 0.1) is 19.7 Å². The third kappa shape index (κ3) is 5.44. The molecular weight excluding hydrogens is 612 g/mol. The Morgan fingerprint density at radius 1 is 0.952 bits per heavy atom. The summed E-state index contributed by atoms with van der Waals surface area (Å²) in [7, 11) is 3.00. The van der Waals surface area contributed by atoms with Gasteiger partial charge in [-0.1, -0.05) is 28.6 Å². The van der Waals surface area contributed by atoms with E-state index in [0.717, 1.165) is 22.8 Å². The molecule has 11 heteroatoms. The number of aromatic nitrogens is 2. The summed E-state index contributed by atoms with van der Waals surface area (Å²) >= 11 is 3.25. The Hall–Kier alpha value is -5.08. The van der Waals surface area contributed by atoms with E-state index in [4.69, 9.17) is 20.8 Å². The number of rotatable bonds is 8. The maximum Gasteiger partial charge on any atom is 0.334 e. The molecule has 0 aliphatic rings. The average Bonchev–Trinajstić information content (AvgIpc) is 2.99. The second-order valence-electron chi connectivity index (χ2n) is 8.96. The minimum Gasteiger partial charge on any atom is -0.493 e. The Kier molecular flexibility index (Phi) is 7.99. The zero-order valence-corrected chi connectivity index (χ0v) is 23.7. The predicted molar refractivity (Wildman–Crippen MR) is 155 cm³/mol. The van der Waals surface area contributed by atoms with Gasteiger partial charge in [0.15, 0.2) is 28.8 Å². The van der Waals surface area contributed by atoms with Gasteiger partial charge in [-0.3, -0.25) is 9.78 Å². The van der Waals surface area contributed by atoms with Crippen molar-refractivity contribution in [2.24, 2.45) is 0 Å². The van der Waals surface area contributed by atoms with Gasteiger partial charge >= 0.3 is 5.56 Å². The van der Waals surface area contributed by atoms with Crippen LogP contribution in [0.4, 0.5) is 14.6 Å². The van der Waals surface area contributed by atoms with Crippen molar-refractivity contribution in [1.29, 1.82) is 0 Å². The summed E-state index contributed by atoms with van der Waals surface area (Å²) in [6, 6.07) is 15.2. The first-order valence-electron chi connectivity index (χ1n) is 12.3. The number of benzene rings is 3. The number of halogens is 3. The van der Waals surface area contributed by atoms with Crippen LogP contribution in [0.2, 0.25) is 0 Å². The Morgan fingerprint density at radius 2 is 1.67 bits per heavy atom. The molecule has 0 saturated carbocycles. The number of fused-ring (bicyclic) bond motifs is 1. The third-order valence-corrected chi connectivity index (χ3v) is 6.99.